The van der Waals surface area contributed by atoms with Crippen LogP contribution in [0.2, 0.25) is 0 Å². The molecule has 0 aliphatic heterocycles. The highest BCUT2D eigenvalue weighted by molar-refractivity contribution is 9.10. The molecule has 0 spiro atoms. The highest BCUT2D eigenvalue weighted by atomic mass is 79.9. The first kappa shape index (κ1) is 16.7. The third kappa shape index (κ3) is 3.32. The average molecular weight is 417 g/mol. The van der Waals surface area contributed by atoms with Crippen molar-refractivity contribution in [1.82, 2.24) is 4.98 Å². The van der Waals surface area contributed by atoms with E-state index in [1.54, 1.807) is 0 Å². The smallest absolute Gasteiger partial charge is 0.134 e. The summed E-state index contributed by atoms with van der Waals surface area (Å²) in [4.78, 5) is 4.67. The standard InChI is InChI=1S/C22H13BrN2S/c23-19-10-8-16(9-11-19)21-14-26-22(25-21)18(13-24)12-17-6-3-5-15-4-1-2-7-20(15)17/h1-12,14H/b18-12-. The van der Waals surface area contributed by atoms with Gasteiger partial charge in [-0.15, -0.1) is 11.3 Å². The van der Waals surface area contributed by atoms with Crippen LogP contribution in [-0.4, -0.2) is 4.98 Å². The topological polar surface area (TPSA) is 36.7 Å². The quantitative estimate of drug-likeness (QED) is 0.344. The molecule has 1 heterocycles. The molecule has 2 nitrogen and oxygen atoms in total. The highest BCUT2D eigenvalue weighted by Gasteiger charge is 2.10. The van der Waals surface area contributed by atoms with Crippen molar-refractivity contribution in [2.45, 2.75) is 0 Å². The number of aromatic nitrogens is 1. The predicted octanol–water partition coefficient (Wildman–Crippen LogP) is 6.79. The van der Waals surface area contributed by atoms with Crippen LogP contribution >= 0.6 is 27.3 Å². The van der Waals surface area contributed by atoms with E-state index < -0.39 is 0 Å². The monoisotopic (exact) mass is 416 g/mol. The maximum absolute atomic E-state index is 9.67. The molecule has 0 aliphatic carbocycles. The molecular formula is C22H13BrN2S. The van der Waals surface area contributed by atoms with Crippen molar-refractivity contribution >= 4 is 49.7 Å². The van der Waals surface area contributed by atoms with Crippen molar-refractivity contribution < 1.29 is 0 Å². The van der Waals surface area contributed by atoms with Crippen LogP contribution in [0.5, 0.6) is 0 Å². The van der Waals surface area contributed by atoms with Gasteiger partial charge in [0, 0.05) is 15.4 Å². The summed E-state index contributed by atoms with van der Waals surface area (Å²) in [6, 6.07) is 24.6. The normalized spacial score (nSPS) is 11.5. The molecule has 4 rings (SSSR count). The van der Waals surface area contributed by atoms with Gasteiger partial charge in [0.15, 0.2) is 0 Å². The lowest BCUT2D eigenvalue weighted by Gasteiger charge is -2.02. The fourth-order valence-corrected chi connectivity index (χ4v) is 3.88. The zero-order chi connectivity index (χ0) is 17.9. The van der Waals surface area contributed by atoms with E-state index >= 15 is 0 Å². The van der Waals surface area contributed by atoms with Crippen molar-refractivity contribution in [1.29, 1.82) is 5.26 Å². The molecule has 0 aliphatic rings. The lowest BCUT2D eigenvalue weighted by Crippen LogP contribution is -1.84. The molecule has 0 bridgehead atoms. The molecule has 3 aromatic carbocycles. The van der Waals surface area contributed by atoms with Crippen LogP contribution in [0.25, 0.3) is 33.7 Å². The number of hydrogen-bond donors (Lipinski definition) is 0. The second-order valence-corrected chi connectivity index (χ2v) is 7.56. The number of rotatable bonds is 3. The molecule has 0 N–H and O–H groups in total. The molecule has 4 aromatic rings. The Morgan fingerprint density at radius 1 is 1.00 bits per heavy atom. The molecule has 0 unspecified atom stereocenters. The lowest BCUT2D eigenvalue weighted by molar-refractivity contribution is 1.37. The molecular weight excluding hydrogens is 404 g/mol. The Hall–Kier alpha value is -2.74. The Morgan fingerprint density at radius 2 is 1.77 bits per heavy atom. The van der Waals surface area contributed by atoms with Crippen molar-refractivity contribution in [2.75, 3.05) is 0 Å². The first-order chi connectivity index (χ1) is 12.7. The highest BCUT2D eigenvalue weighted by Crippen LogP contribution is 2.29. The second-order valence-electron chi connectivity index (χ2n) is 5.78. The van der Waals surface area contributed by atoms with Crippen LogP contribution in [0.15, 0.2) is 76.6 Å². The van der Waals surface area contributed by atoms with Gasteiger partial charge in [-0.3, -0.25) is 0 Å². The number of nitrogens with zero attached hydrogens (tertiary/aromatic N) is 2. The molecule has 124 valence electrons. The van der Waals surface area contributed by atoms with Gasteiger partial charge in [-0.2, -0.15) is 5.26 Å². The van der Waals surface area contributed by atoms with E-state index in [2.05, 4.69) is 45.2 Å². The number of benzene rings is 3. The largest absolute Gasteiger partial charge is 0.235 e. The van der Waals surface area contributed by atoms with E-state index in [0.717, 1.165) is 37.1 Å². The number of nitriles is 1. The first-order valence-electron chi connectivity index (χ1n) is 8.06. The predicted molar refractivity (Wildman–Crippen MR) is 113 cm³/mol. The number of hydrogen-bond acceptors (Lipinski definition) is 3. The molecule has 0 saturated heterocycles. The van der Waals surface area contributed by atoms with Crippen LogP contribution in [0, 0.1) is 11.3 Å². The number of fused-ring (bicyclic) bond motifs is 1. The third-order valence-electron chi connectivity index (χ3n) is 4.12. The molecule has 0 atom stereocenters. The number of thiazole rings is 1. The molecule has 26 heavy (non-hydrogen) atoms. The van der Waals surface area contributed by atoms with Crippen LogP contribution in [0.1, 0.15) is 10.6 Å². The summed E-state index contributed by atoms with van der Waals surface area (Å²) in [5.74, 6) is 0. The van der Waals surface area contributed by atoms with Crippen LogP contribution in [-0.2, 0) is 0 Å². The van der Waals surface area contributed by atoms with Gasteiger partial charge < -0.3 is 0 Å². The zero-order valence-corrected chi connectivity index (χ0v) is 16.1. The van der Waals surface area contributed by atoms with Gasteiger partial charge in [0.05, 0.1) is 11.3 Å². The lowest BCUT2D eigenvalue weighted by atomic mass is 10.0. The molecule has 1 aromatic heterocycles. The van der Waals surface area contributed by atoms with Gasteiger partial charge >= 0.3 is 0 Å². The average Bonchev–Trinajstić information content (AvgIpc) is 3.16. The zero-order valence-electron chi connectivity index (χ0n) is 13.7. The summed E-state index contributed by atoms with van der Waals surface area (Å²) in [5, 5.41) is 14.7. The summed E-state index contributed by atoms with van der Waals surface area (Å²) < 4.78 is 1.03. The van der Waals surface area contributed by atoms with Gasteiger partial charge in [-0.05, 0) is 34.5 Å². The summed E-state index contributed by atoms with van der Waals surface area (Å²) >= 11 is 4.94. The van der Waals surface area contributed by atoms with E-state index in [4.69, 9.17) is 0 Å². The fraction of sp³-hybridized carbons (Fsp3) is 0. The molecule has 0 amide bonds. The van der Waals surface area contributed by atoms with Gasteiger partial charge in [-0.25, -0.2) is 4.98 Å². The minimum Gasteiger partial charge on any atom is -0.235 e. The number of halogens is 1. The Bertz CT molecular complexity index is 1150. The van der Waals surface area contributed by atoms with Crippen molar-refractivity contribution in [3.05, 3.63) is 87.2 Å². The van der Waals surface area contributed by atoms with E-state index in [-0.39, 0.29) is 0 Å². The molecule has 0 fully saturated rings. The molecule has 4 heteroatoms. The van der Waals surface area contributed by atoms with E-state index in [1.165, 1.54) is 11.3 Å². The Labute approximate surface area is 164 Å². The fourth-order valence-electron chi connectivity index (χ4n) is 2.82. The van der Waals surface area contributed by atoms with Gasteiger partial charge in [0.1, 0.15) is 11.1 Å². The van der Waals surface area contributed by atoms with Crippen LogP contribution in [0.3, 0.4) is 0 Å². The van der Waals surface area contributed by atoms with Crippen molar-refractivity contribution in [3.8, 4) is 17.3 Å². The minimum atomic E-state index is 0.578. The van der Waals surface area contributed by atoms with Gasteiger partial charge in [0.25, 0.3) is 0 Å². The first-order valence-corrected chi connectivity index (χ1v) is 9.73. The Kier molecular flexibility index (Phi) is 4.66. The summed E-state index contributed by atoms with van der Waals surface area (Å²) in [6.45, 7) is 0. The van der Waals surface area contributed by atoms with Crippen LogP contribution in [0.4, 0.5) is 0 Å². The summed E-state index contributed by atoms with van der Waals surface area (Å²) in [7, 11) is 0. The Morgan fingerprint density at radius 3 is 2.58 bits per heavy atom. The third-order valence-corrected chi connectivity index (χ3v) is 5.52. The van der Waals surface area contributed by atoms with E-state index in [1.807, 2.05) is 60.0 Å². The minimum absolute atomic E-state index is 0.578. The molecule has 0 radical (unpaired) electrons. The summed E-state index contributed by atoms with van der Waals surface area (Å²) in [5.41, 5.74) is 3.53. The Balaban J connectivity index is 1.75. The van der Waals surface area contributed by atoms with Gasteiger partial charge in [-0.1, -0.05) is 70.5 Å². The maximum atomic E-state index is 9.67. The van der Waals surface area contributed by atoms with E-state index in [0.29, 0.717) is 5.57 Å². The maximum Gasteiger partial charge on any atom is 0.134 e. The number of allylic oxidation sites excluding steroid dienone is 1. The SMILES string of the molecule is N#C/C(=C/c1cccc2ccccc12)c1nc(-c2ccc(Br)cc2)cs1. The second kappa shape index (κ2) is 7.25. The van der Waals surface area contributed by atoms with Crippen LogP contribution < -0.4 is 0 Å². The molecule has 0 saturated carbocycles. The van der Waals surface area contributed by atoms with Gasteiger partial charge in [0.2, 0.25) is 0 Å². The van der Waals surface area contributed by atoms with E-state index in [9.17, 15) is 5.26 Å². The summed E-state index contributed by atoms with van der Waals surface area (Å²) in [6.07, 6.45) is 1.92. The van der Waals surface area contributed by atoms with Crippen molar-refractivity contribution in [3.63, 3.8) is 0 Å². The van der Waals surface area contributed by atoms with Crippen molar-refractivity contribution in [2.24, 2.45) is 0 Å².